The van der Waals surface area contributed by atoms with Crippen LogP contribution in [0.5, 0.6) is 0 Å². The zero-order valence-corrected chi connectivity index (χ0v) is 18.6. The van der Waals surface area contributed by atoms with E-state index in [2.05, 4.69) is 4.99 Å². The third-order valence-electron chi connectivity index (χ3n) is 5.95. The van der Waals surface area contributed by atoms with Gasteiger partial charge in [0.1, 0.15) is 11.3 Å². The summed E-state index contributed by atoms with van der Waals surface area (Å²) >= 11 is 0. The van der Waals surface area contributed by atoms with E-state index in [1.807, 2.05) is 19.1 Å². The molecule has 2 aliphatic rings. The minimum atomic E-state index is -1.12. The Balaban J connectivity index is 1.56. The monoisotopic (exact) mass is 465 g/mol. The van der Waals surface area contributed by atoms with Gasteiger partial charge in [0.15, 0.2) is 0 Å². The van der Waals surface area contributed by atoms with Crippen molar-refractivity contribution in [2.45, 2.75) is 13.3 Å². The number of ketones is 2. The van der Waals surface area contributed by atoms with Gasteiger partial charge in [-0.2, -0.15) is 0 Å². The fraction of sp³-hybridized carbons (Fsp3) is 0.0714. The first kappa shape index (κ1) is 22.0. The standard InChI is InChI=1S/C28H19NO6/c1-2-15-11-13-16(14-12-15)29-22-17-7-3-4-8-18(17)23(30)21(22)28(34)35-27-25(32)20-10-6-5-9-19(20)24(31)26(27)33/h3-14,30,33H,2H2,1H3. The molecule has 0 amide bonds. The molecular weight excluding hydrogens is 446 g/mol. The molecule has 3 aromatic carbocycles. The van der Waals surface area contributed by atoms with E-state index in [4.69, 9.17) is 4.74 Å². The van der Waals surface area contributed by atoms with Crippen LogP contribution in [0.2, 0.25) is 0 Å². The molecule has 0 radical (unpaired) electrons. The first-order valence-electron chi connectivity index (χ1n) is 11.0. The number of aliphatic hydroxyl groups is 2. The second-order valence-electron chi connectivity index (χ2n) is 8.02. The van der Waals surface area contributed by atoms with E-state index in [1.165, 1.54) is 12.1 Å². The van der Waals surface area contributed by atoms with Gasteiger partial charge >= 0.3 is 5.97 Å². The molecule has 0 aromatic heterocycles. The van der Waals surface area contributed by atoms with Crippen LogP contribution in [-0.4, -0.2) is 33.5 Å². The zero-order chi connectivity index (χ0) is 24.7. The molecule has 2 N–H and O–H groups in total. The average Bonchev–Trinajstić information content (AvgIpc) is 3.17. The smallest absolute Gasteiger partial charge is 0.349 e. The van der Waals surface area contributed by atoms with E-state index in [1.54, 1.807) is 48.5 Å². The van der Waals surface area contributed by atoms with E-state index < -0.39 is 29.1 Å². The molecule has 0 fully saturated rings. The lowest BCUT2D eigenvalue weighted by molar-refractivity contribution is -0.134. The lowest BCUT2D eigenvalue weighted by Gasteiger charge is -2.17. The zero-order valence-electron chi connectivity index (χ0n) is 18.6. The van der Waals surface area contributed by atoms with Crippen LogP contribution in [0.3, 0.4) is 0 Å². The summed E-state index contributed by atoms with van der Waals surface area (Å²) in [5.74, 6) is -4.89. The Morgan fingerprint density at radius 3 is 1.97 bits per heavy atom. The summed E-state index contributed by atoms with van der Waals surface area (Å²) in [7, 11) is 0. The quantitative estimate of drug-likeness (QED) is 0.522. The number of rotatable bonds is 4. The number of aliphatic imine (C=N–C) groups is 1. The fourth-order valence-electron chi connectivity index (χ4n) is 4.10. The van der Waals surface area contributed by atoms with Crippen molar-refractivity contribution in [3.63, 3.8) is 0 Å². The minimum Gasteiger partial charge on any atom is -0.506 e. The number of benzene rings is 3. The number of aryl methyl sites for hydroxylation is 1. The van der Waals surface area contributed by atoms with Crippen LogP contribution in [0.1, 0.15) is 44.3 Å². The van der Waals surface area contributed by atoms with Crippen molar-refractivity contribution in [1.82, 2.24) is 0 Å². The molecule has 5 rings (SSSR count). The van der Waals surface area contributed by atoms with Crippen LogP contribution in [0, 0.1) is 0 Å². The third-order valence-corrected chi connectivity index (χ3v) is 5.95. The number of hydrogen-bond acceptors (Lipinski definition) is 7. The third kappa shape index (κ3) is 3.63. The van der Waals surface area contributed by atoms with Crippen molar-refractivity contribution in [2.24, 2.45) is 4.99 Å². The summed E-state index contributed by atoms with van der Waals surface area (Å²) in [4.78, 5) is 43.3. The fourth-order valence-corrected chi connectivity index (χ4v) is 4.10. The van der Waals surface area contributed by atoms with Crippen LogP contribution in [0.15, 0.2) is 94.9 Å². The second kappa shape index (κ2) is 8.53. The van der Waals surface area contributed by atoms with E-state index >= 15 is 0 Å². The SMILES string of the molecule is CCc1ccc(N=C2C(C(=O)OC3=C(O)C(=O)c4ccccc4C3=O)=C(O)c3ccccc32)cc1. The number of Topliss-reactive ketones (excluding diaryl/α,β-unsaturated/α-hetero) is 2. The van der Waals surface area contributed by atoms with Crippen LogP contribution in [-0.2, 0) is 16.0 Å². The van der Waals surface area contributed by atoms with Gasteiger partial charge in [-0.3, -0.25) is 9.59 Å². The summed E-state index contributed by atoms with van der Waals surface area (Å²) in [6.07, 6.45) is 0.854. The van der Waals surface area contributed by atoms with E-state index in [-0.39, 0.29) is 28.2 Å². The number of fused-ring (bicyclic) bond motifs is 2. The van der Waals surface area contributed by atoms with Crippen LogP contribution in [0.4, 0.5) is 5.69 Å². The lowest BCUT2D eigenvalue weighted by Crippen LogP contribution is -2.26. The van der Waals surface area contributed by atoms with E-state index in [0.29, 0.717) is 16.8 Å². The summed E-state index contributed by atoms with van der Waals surface area (Å²) in [5.41, 5.74) is 2.45. The molecule has 0 bridgehead atoms. The molecule has 3 aromatic rings. The Morgan fingerprint density at radius 2 is 1.34 bits per heavy atom. The number of hydrogen-bond donors (Lipinski definition) is 2. The van der Waals surface area contributed by atoms with Crippen molar-refractivity contribution in [3.05, 3.63) is 118 Å². The number of ether oxygens (including phenoxy) is 1. The molecule has 172 valence electrons. The Bertz CT molecular complexity index is 1510. The van der Waals surface area contributed by atoms with Gasteiger partial charge in [-0.25, -0.2) is 9.79 Å². The van der Waals surface area contributed by atoms with Gasteiger partial charge in [-0.05, 0) is 24.1 Å². The predicted molar refractivity (Wildman–Crippen MR) is 129 cm³/mol. The summed E-state index contributed by atoms with van der Waals surface area (Å²) in [5, 5.41) is 21.2. The maximum absolute atomic E-state index is 13.3. The number of carbonyl (C=O) groups excluding carboxylic acids is 3. The highest BCUT2D eigenvalue weighted by atomic mass is 16.5. The molecule has 7 heteroatoms. The highest BCUT2D eigenvalue weighted by Gasteiger charge is 2.39. The average molecular weight is 465 g/mol. The number of carbonyl (C=O) groups is 3. The normalized spacial score (nSPS) is 16.0. The first-order chi connectivity index (χ1) is 16.9. The van der Waals surface area contributed by atoms with Crippen LogP contribution in [0.25, 0.3) is 5.76 Å². The molecule has 7 nitrogen and oxygen atoms in total. The largest absolute Gasteiger partial charge is 0.506 e. The molecule has 35 heavy (non-hydrogen) atoms. The molecule has 0 saturated heterocycles. The van der Waals surface area contributed by atoms with Crippen molar-refractivity contribution < 1.29 is 29.3 Å². The number of nitrogens with zero attached hydrogens (tertiary/aromatic N) is 1. The maximum Gasteiger partial charge on any atom is 0.349 e. The highest BCUT2D eigenvalue weighted by molar-refractivity contribution is 6.36. The van der Waals surface area contributed by atoms with Crippen molar-refractivity contribution in [2.75, 3.05) is 0 Å². The first-order valence-corrected chi connectivity index (χ1v) is 11.0. The maximum atomic E-state index is 13.3. The second-order valence-corrected chi connectivity index (χ2v) is 8.02. The molecule has 0 spiro atoms. The van der Waals surface area contributed by atoms with Gasteiger partial charge in [0, 0.05) is 22.3 Å². The van der Waals surface area contributed by atoms with Crippen molar-refractivity contribution in [1.29, 1.82) is 0 Å². The Kier molecular flexibility index (Phi) is 5.37. The van der Waals surface area contributed by atoms with Crippen molar-refractivity contribution >= 4 is 34.7 Å². The van der Waals surface area contributed by atoms with E-state index in [0.717, 1.165) is 12.0 Å². The van der Waals surface area contributed by atoms with Gasteiger partial charge in [0.05, 0.1) is 11.4 Å². The lowest BCUT2D eigenvalue weighted by atomic mass is 9.92. The Labute approximate surface area is 200 Å². The highest BCUT2D eigenvalue weighted by Crippen LogP contribution is 2.35. The van der Waals surface area contributed by atoms with Gasteiger partial charge in [-0.1, -0.05) is 67.6 Å². The summed E-state index contributed by atoms with van der Waals surface area (Å²) in [6.45, 7) is 2.03. The Hall–Kier alpha value is -4.78. The molecular formula is C28H19NO6. The van der Waals surface area contributed by atoms with Gasteiger partial charge in [0.25, 0.3) is 0 Å². The molecule has 0 atom stereocenters. The van der Waals surface area contributed by atoms with E-state index in [9.17, 15) is 24.6 Å². The number of esters is 1. The number of allylic oxidation sites excluding steroid dienone is 2. The molecule has 0 heterocycles. The summed E-state index contributed by atoms with van der Waals surface area (Å²) in [6, 6.07) is 20.1. The summed E-state index contributed by atoms with van der Waals surface area (Å²) < 4.78 is 5.25. The van der Waals surface area contributed by atoms with Crippen LogP contribution >= 0.6 is 0 Å². The van der Waals surface area contributed by atoms with Crippen LogP contribution < -0.4 is 0 Å². The molecule has 0 aliphatic heterocycles. The van der Waals surface area contributed by atoms with Crippen molar-refractivity contribution in [3.8, 4) is 0 Å². The molecule has 0 unspecified atom stereocenters. The van der Waals surface area contributed by atoms with Gasteiger partial charge in [0.2, 0.25) is 23.1 Å². The predicted octanol–water partition coefficient (Wildman–Crippen LogP) is 5.04. The van der Waals surface area contributed by atoms with Gasteiger partial charge in [-0.15, -0.1) is 0 Å². The molecule has 0 saturated carbocycles. The minimum absolute atomic E-state index is 0.0101. The van der Waals surface area contributed by atoms with Gasteiger partial charge < -0.3 is 14.9 Å². The molecule has 2 aliphatic carbocycles. The topological polar surface area (TPSA) is 113 Å². The number of aliphatic hydroxyl groups excluding tert-OH is 2. The Morgan fingerprint density at radius 1 is 0.771 bits per heavy atom.